The first-order valence-electron chi connectivity index (χ1n) is 9.23. The second kappa shape index (κ2) is 7.92. The third-order valence-electron chi connectivity index (χ3n) is 5.16. The van der Waals surface area contributed by atoms with Crippen molar-refractivity contribution in [2.24, 2.45) is 5.92 Å². The van der Waals surface area contributed by atoms with Gasteiger partial charge >= 0.3 is 0 Å². The Balaban J connectivity index is 1.33. The van der Waals surface area contributed by atoms with E-state index in [2.05, 4.69) is 20.4 Å². The predicted octanol–water partition coefficient (Wildman–Crippen LogP) is 0.733. The fourth-order valence-corrected chi connectivity index (χ4v) is 3.65. The number of para-hydroxylation sites is 1. The Kier molecular flexibility index (Phi) is 5.21. The van der Waals surface area contributed by atoms with E-state index in [9.17, 15) is 4.79 Å². The summed E-state index contributed by atoms with van der Waals surface area (Å²) in [6.45, 7) is 5.25. The van der Waals surface area contributed by atoms with E-state index in [0.717, 1.165) is 50.5 Å². The summed E-state index contributed by atoms with van der Waals surface area (Å²) in [6.07, 6.45) is 1.78. The maximum Gasteiger partial charge on any atom is 0.225 e. The predicted molar refractivity (Wildman–Crippen MR) is 94.6 cm³/mol. The highest BCUT2D eigenvalue weighted by Gasteiger charge is 2.29. The molecule has 2 aromatic rings. The van der Waals surface area contributed by atoms with E-state index >= 15 is 0 Å². The van der Waals surface area contributed by atoms with Crippen LogP contribution in [-0.4, -0.2) is 75.3 Å². The lowest BCUT2D eigenvalue weighted by Gasteiger charge is -2.35. The summed E-state index contributed by atoms with van der Waals surface area (Å²) in [5.74, 6) is 1.26. The Morgan fingerprint density at radius 1 is 1.08 bits per heavy atom. The van der Waals surface area contributed by atoms with Gasteiger partial charge in [0.15, 0.2) is 5.82 Å². The molecule has 3 heterocycles. The van der Waals surface area contributed by atoms with Gasteiger partial charge in [-0.25, -0.2) is 0 Å². The largest absolute Gasteiger partial charge is 0.378 e. The van der Waals surface area contributed by atoms with Crippen LogP contribution in [0.25, 0.3) is 5.69 Å². The second-order valence-electron chi connectivity index (χ2n) is 6.83. The highest BCUT2D eigenvalue weighted by molar-refractivity contribution is 5.79. The average Bonchev–Trinajstić information content (AvgIpc) is 3.17. The van der Waals surface area contributed by atoms with Crippen LogP contribution in [0.5, 0.6) is 0 Å². The quantitative estimate of drug-likeness (QED) is 0.804. The molecule has 0 radical (unpaired) electrons. The molecule has 0 aliphatic carbocycles. The number of morpholine rings is 1. The Morgan fingerprint density at radius 2 is 1.81 bits per heavy atom. The Labute approximate surface area is 152 Å². The molecular weight excluding hydrogens is 332 g/mol. The third kappa shape index (κ3) is 3.76. The van der Waals surface area contributed by atoms with Gasteiger partial charge in [-0.1, -0.05) is 18.2 Å². The van der Waals surface area contributed by atoms with Crippen molar-refractivity contribution in [1.82, 2.24) is 30.0 Å². The first-order chi connectivity index (χ1) is 12.8. The first-order valence-corrected chi connectivity index (χ1v) is 9.23. The summed E-state index contributed by atoms with van der Waals surface area (Å²) in [7, 11) is 0. The number of amides is 1. The van der Waals surface area contributed by atoms with Crippen molar-refractivity contribution < 1.29 is 9.53 Å². The summed E-state index contributed by atoms with van der Waals surface area (Å²) >= 11 is 0. The van der Waals surface area contributed by atoms with E-state index in [1.54, 1.807) is 4.68 Å². The number of piperidine rings is 1. The van der Waals surface area contributed by atoms with Crippen LogP contribution >= 0.6 is 0 Å². The molecule has 1 aromatic heterocycles. The standard InChI is InChI=1S/C18H24N6O2/c25-18(23-10-12-26-13-11-23)15-6-8-22(9-7-15)14-17-19-20-21-24(17)16-4-2-1-3-5-16/h1-5,15H,6-14H2. The minimum atomic E-state index is 0.134. The number of nitrogens with zero attached hydrogens (tertiary/aromatic N) is 6. The number of likely N-dealkylation sites (tertiary alicyclic amines) is 1. The van der Waals surface area contributed by atoms with Crippen LogP contribution in [0.15, 0.2) is 30.3 Å². The molecule has 1 aromatic carbocycles. The van der Waals surface area contributed by atoms with Gasteiger partial charge in [-0.15, -0.1) is 5.10 Å². The molecule has 2 aliphatic heterocycles. The van der Waals surface area contributed by atoms with Crippen LogP contribution in [0, 0.1) is 5.92 Å². The van der Waals surface area contributed by atoms with Crippen molar-refractivity contribution in [3.63, 3.8) is 0 Å². The number of ether oxygens (including phenoxy) is 1. The van der Waals surface area contributed by atoms with Gasteiger partial charge in [0.25, 0.3) is 0 Å². The zero-order valence-electron chi connectivity index (χ0n) is 14.8. The Hall–Kier alpha value is -2.32. The smallest absolute Gasteiger partial charge is 0.225 e. The topological polar surface area (TPSA) is 76.4 Å². The Morgan fingerprint density at radius 3 is 2.54 bits per heavy atom. The van der Waals surface area contributed by atoms with Crippen LogP contribution in [-0.2, 0) is 16.1 Å². The van der Waals surface area contributed by atoms with Gasteiger partial charge in [-0.05, 0) is 48.5 Å². The van der Waals surface area contributed by atoms with Gasteiger partial charge < -0.3 is 9.64 Å². The summed E-state index contributed by atoms with van der Waals surface area (Å²) in [5.41, 5.74) is 0.963. The molecule has 0 spiro atoms. The van der Waals surface area contributed by atoms with Crippen molar-refractivity contribution >= 4 is 5.91 Å². The highest BCUT2D eigenvalue weighted by Crippen LogP contribution is 2.21. The second-order valence-corrected chi connectivity index (χ2v) is 6.83. The number of rotatable bonds is 4. The molecule has 4 rings (SSSR count). The summed E-state index contributed by atoms with van der Waals surface area (Å²) in [4.78, 5) is 16.9. The maximum atomic E-state index is 12.6. The fourth-order valence-electron chi connectivity index (χ4n) is 3.65. The van der Waals surface area contributed by atoms with Gasteiger partial charge in [-0.2, -0.15) is 4.68 Å². The Bertz CT molecular complexity index is 720. The van der Waals surface area contributed by atoms with Crippen LogP contribution in [0.2, 0.25) is 0 Å². The van der Waals surface area contributed by atoms with E-state index in [1.165, 1.54) is 0 Å². The van der Waals surface area contributed by atoms with Crippen molar-refractivity contribution in [2.45, 2.75) is 19.4 Å². The first kappa shape index (κ1) is 17.1. The van der Waals surface area contributed by atoms with Crippen molar-refractivity contribution in [3.8, 4) is 5.69 Å². The van der Waals surface area contributed by atoms with Crippen molar-refractivity contribution in [1.29, 1.82) is 0 Å². The van der Waals surface area contributed by atoms with Crippen LogP contribution < -0.4 is 0 Å². The molecule has 0 bridgehead atoms. The molecule has 0 atom stereocenters. The summed E-state index contributed by atoms with van der Waals surface area (Å²) < 4.78 is 7.12. The maximum absolute atomic E-state index is 12.6. The molecule has 2 saturated heterocycles. The monoisotopic (exact) mass is 356 g/mol. The van der Waals surface area contributed by atoms with Crippen LogP contribution in [0.3, 0.4) is 0 Å². The van der Waals surface area contributed by atoms with Gasteiger partial charge in [0, 0.05) is 19.0 Å². The number of aromatic nitrogens is 4. The third-order valence-corrected chi connectivity index (χ3v) is 5.16. The summed E-state index contributed by atoms with van der Waals surface area (Å²) in [6, 6.07) is 9.91. The molecule has 1 amide bonds. The lowest BCUT2D eigenvalue weighted by atomic mass is 9.95. The SMILES string of the molecule is O=C(C1CCN(Cc2nnnn2-c2ccccc2)CC1)N1CCOCC1. The van der Waals surface area contributed by atoms with E-state index < -0.39 is 0 Å². The van der Waals surface area contributed by atoms with Gasteiger partial charge in [0.2, 0.25) is 5.91 Å². The van der Waals surface area contributed by atoms with E-state index in [1.807, 2.05) is 35.2 Å². The van der Waals surface area contributed by atoms with E-state index in [-0.39, 0.29) is 5.92 Å². The molecule has 2 fully saturated rings. The molecule has 0 unspecified atom stereocenters. The van der Waals surface area contributed by atoms with Crippen LogP contribution in [0.4, 0.5) is 0 Å². The molecule has 0 N–H and O–H groups in total. The molecule has 8 nitrogen and oxygen atoms in total. The molecule has 138 valence electrons. The van der Waals surface area contributed by atoms with E-state index in [4.69, 9.17) is 4.74 Å². The molecule has 26 heavy (non-hydrogen) atoms. The number of tetrazole rings is 1. The normalized spacial score (nSPS) is 19.6. The number of benzene rings is 1. The number of carbonyl (C=O) groups excluding carboxylic acids is 1. The van der Waals surface area contributed by atoms with Crippen molar-refractivity contribution in [2.75, 3.05) is 39.4 Å². The highest BCUT2D eigenvalue weighted by atomic mass is 16.5. The summed E-state index contributed by atoms with van der Waals surface area (Å²) in [5, 5.41) is 12.1. The average molecular weight is 356 g/mol. The fraction of sp³-hybridized carbons (Fsp3) is 0.556. The molecule has 8 heteroatoms. The number of carbonyl (C=O) groups is 1. The lowest BCUT2D eigenvalue weighted by Crippen LogP contribution is -2.46. The number of hydrogen-bond donors (Lipinski definition) is 0. The minimum Gasteiger partial charge on any atom is -0.378 e. The number of hydrogen-bond acceptors (Lipinski definition) is 6. The zero-order chi connectivity index (χ0) is 17.8. The van der Waals surface area contributed by atoms with Gasteiger partial charge in [-0.3, -0.25) is 9.69 Å². The molecular formula is C18H24N6O2. The van der Waals surface area contributed by atoms with Gasteiger partial charge in [0.05, 0.1) is 25.4 Å². The van der Waals surface area contributed by atoms with Crippen molar-refractivity contribution in [3.05, 3.63) is 36.2 Å². The van der Waals surface area contributed by atoms with Crippen LogP contribution in [0.1, 0.15) is 18.7 Å². The zero-order valence-corrected chi connectivity index (χ0v) is 14.8. The minimum absolute atomic E-state index is 0.134. The molecule has 0 saturated carbocycles. The van der Waals surface area contributed by atoms with E-state index in [0.29, 0.717) is 25.7 Å². The lowest BCUT2D eigenvalue weighted by molar-refractivity contribution is -0.141. The molecule has 2 aliphatic rings. The van der Waals surface area contributed by atoms with Gasteiger partial charge in [0.1, 0.15) is 0 Å².